The van der Waals surface area contributed by atoms with Crippen molar-refractivity contribution in [1.29, 1.82) is 0 Å². The molecule has 8 heteroatoms. The highest BCUT2D eigenvalue weighted by molar-refractivity contribution is 5.86. The number of carbonyl (C=O) groups is 1. The molecule has 0 amide bonds. The number of aromatic amines is 1. The second kappa shape index (κ2) is 9.95. The van der Waals surface area contributed by atoms with Crippen molar-refractivity contribution in [3.05, 3.63) is 53.9 Å². The molecule has 176 valence electrons. The smallest absolute Gasteiger partial charge is 0.360 e. The van der Waals surface area contributed by atoms with Crippen molar-refractivity contribution >= 4 is 17.0 Å². The van der Waals surface area contributed by atoms with Crippen LogP contribution in [0.25, 0.3) is 22.2 Å². The number of fused-ring (bicyclic) bond motifs is 1. The maximum absolute atomic E-state index is 12.8. The number of hydroxylamine groups is 2. The van der Waals surface area contributed by atoms with Gasteiger partial charge in [-0.15, -0.1) is 5.06 Å². The van der Waals surface area contributed by atoms with Gasteiger partial charge < -0.3 is 9.82 Å². The van der Waals surface area contributed by atoms with Gasteiger partial charge in [-0.1, -0.05) is 62.4 Å². The maximum atomic E-state index is 12.8. The summed E-state index contributed by atoms with van der Waals surface area (Å²) in [6.07, 6.45) is 3.03. The van der Waals surface area contributed by atoms with E-state index in [4.69, 9.17) is 4.84 Å². The molecule has 33 heavy (non-hydrogen) atoms. The van der Waals surface area contributed by atoms with Crippen molar-refractivity contribution < 1.29 is 22.8 Å². The average Bonchev–Trinajstić information content (AvgIpc) is 3.28. The summed E-state index contributed by atoms with van der Waals surface area (Å²) < 4.78 is 38.4. The summed E-state index contributed by atoms with van der Waals surface area (Å²) in [5.41, 5.74) is 5.73. The quantitative estimate of drug-likeness (QED) is 0.420. The number of alkyl halides is 3. The van der Waals surface area contributed by atoms with Gasteiger partial charge in [-0.2, -0.15) is 13.2 Å². The molecule has 0 saturated heterocycles. The Labute approximate surface area is 190 Å². The first kappa shape index (κ1) is 23.3. The molecule has 3 aromatic rings. The monoisotopic (exact) mass is 459 g/mol. The predicted molar refractivity (Wildman–Crippen MR) is 120 cm³/mol. The van der Waals surface area contributed by atoms with Gasteiger partial charge in [-0.3, -0.25) is 0 Å². The molecule has 0 aliphatic heterocycles. The number of nitrogens with zero attached hydrogens (tertiary/aromatic N) is 2. The van der Waals surface area contributed by atoms with Crippen molar-refractivity contribution in [2.45, 2.75) is 58.2 Å². The molecule has 1 N–H and O–H groups in total. The predicted octanol–water partition coefficient (Wildman–Crippen LogP) is 6.33. The van der Waals surface area contributed by atoms with E-state index in [2.05, 4.69) is 9.97 Å². The first-order valence-corrected chi connectivity index (χ1v) is 11.4. The lowest BCUT2D eigenvalue weighted by atomic mass is 9.87. The summed E-state index contributed by atoms with van der Waals surface area (Å²) in [6, 6.07) is 11.6. The van der Waals surface area contributed by atoms with Gasteiger partial charge in [0.2, 0.25) is 0 Å². The first-order chi connectivity index (χ1) is 15.8. The van der Waals surface area contributed by atoms with Crippen LogP contribution >= 0.6 is 0 Å². The second-order valence-electron chi connectivity index (χ2n) is 8.77. The van der Waals surface area contributed by atoms with Crippen molar-refractivity contribution in [1.82, 2.24) is 15.0 Å². The van der Waals surface area contributed by atoms with E-state index in [1.54, 1.807) is 6.33 Å². The van der Waals surface area contributed by atoms with Crippen LogP contribution in [0.4, 0.5) is 13.2 Å². The largest absolute Gasteiger partial charge is 0.492 e. The Hall–Kier alpha value is -2.87. The molecule has 0 bridgehead atoms. The van der Waals surface area contributed by atoms with Gasteiger partial charge in [0.25, 0.3) is 0 Å². The number of benzene rings is 2. The molecule has 1 aliphatic carbocycles. The van der Waals surface area contributed by atoms with Crippen LogP contribution in [0, 0.1) is 12.8 Å². The van der Waals surface area contributed by atoms with E-state index in [1.807, 2.05) is 43.3 Å². The van der Waals surface area contributed by atoms with Crippen LogP contribution in [0.1, 0.15) is 49.7 Å². The summed E-state index contributed by atoms with van der Waals surface area (Å²) in [6.45, 7) is 2.39. The highest BCUT2D eigenvalue weighted by atomic mass is 19.4. The number of carbonyl (C=O) groups excluding carboxylic acids is 1. The molecular weight excluding hydrogens is 431 g/mol. The van der Waals surface area contributed by atoms with Crippen LogP contribution in [0.5, 0.6) is 0 Å². The highest BCUT2D eigenvalue weighted by Gasteiger charge is 2.42. The molecule has 2 aromatic carbocycles. The molecular formula is C25H28F3N3O2. The number of nitrogens with one attached hydrogen (secondary N) is 1. The number of rotatable bonds is 7. The molecule has 0 atom stereocenters. The topological polar surface area (TPSA) is 58.2 Å². The Kier molecular flexibility index (Phi) is 7.02. The third-order valence-corrected chi connectivity index (χ3v) is 6.42. The van der Waals surface area contributed by atoms with E-state index in [0.717, 1.165) is 64.0 Å². The SMILES string of the molecule is Cc1c(-c2ccc(CN(CCC3CCCCC3)OC(=O)C(F)(F)F)cc2)ccc2[nH]cnc12. The summed E-state index contributed by atoms with van der Waals surface area (Å²) >= 11 is 0. The van der Waals surface area contributed by atoms with Gasteiger partial charge in [-0.25, -0.2) is 9.78 Å². The summed E-state index contributed by atoms with van der Waals surface area (Å²) in [4.78, 5) is 23.7. The van der Waals surface area contributed by atoms with Crippen LogP contribution in [0.3, 0.4) is 0 Å². The lowest BCUT2D eigenvalue weighted by Gasteiger charge is -2.26. The fourth-order valence-electron chi connectivity index (χ4n) is 4.58. The summed E-state index contributed by atoms with van der Waals surface area (Å²) in [5, 5.41) is 1.15. The van der Waals surface area contributed by atoms with Gasteiger partial charge in [0.15, 0.2) is 0 Å². The molecule has 0 radical (unpaired) electrons. The molecule has 1 aliphatic rings. The third kappa shape index (κ3) is 5.74. The maximum Gasteiger partial charge on any atom is 0.492 e. The Morgan fingerprint density at radius 2 is 1.85 bits per heavy atom. The van der Waals surface area contributed by atoms with Crippen molar-refractivity contribution in [3.63, 3.8) is 0 Å². The number of aromatic nitrogens is 2. The van der Waals surface area contributed by atoms with Crippen LogP contribution in [0.2, 0.25) is 0 Å². The number of imidazole rings is 1. The van der Waals surface area contributed by atoms with Crippen LogP contribution in [-0.4, -0.2) is 33.7 Å². The Bertz CT molecular complexity index is 1090. The van der Waals surface area contributed by atoms with E-state index in [1.165, 1.54) is 6.42 Å². The number of hydrogen-bond acceptors (Lipinski definition) is 4. The summed E-state index contributed by atoms with van der Waals surface area (Å²) in [5.74, 6) is -1.71. The minimum Gasteiger partial charge on any atom is -0.360 e. The zero-order valence-electron chi connectivity index (χ0n) is 18.6. The molecule has 1 fully saturated rings. The molecule has 1 saturated carbocycles. The van der Waals surface area contributed by atoms with Gasteiger partial charge in [-0.05, 0) is 47.6 Å². The lowest BCUT2D eigenvalue weighted by molar-refractivity contribution is -0.241. The molecule has 1 aromatic heterocycles. The zero-order chi connectivity index (χ0) is 23.4. The van der Waals surface area contributed by atoms with Crippen molar-refractivity contribution in [2.75, 3.05) is 6.54 Å². The third-order valence-electron chi connectivity index (χ3n) is 6.42. The average molecular weight is 460 g/mol. The van der Waals surface area contributed by atoms with Crippen LogP contribution < -0.4 is 0 Å². The fraction of sp³-hybridized carbons (Fsp3) is 0.440. The minimum atomic E-state index is -5.02. The number of hydrogen-bond donors (Lipinski definition) is 1. The molecule has 1 heterocycles. The van der Waals surface area contributed by atoms with Gasteiger partial charge >= 0.3 is 12.1 Å². The molecule has 0 spiro atoms. The fourth-order valence-corrected chi connectivity index (χ4v) is 4.58. The van der Waals surface area contributed by atoms with E-state index < -0.39 is 12.1 Å². The number of H-pyrrole nitrogens is 1. The van der Waals surface area contributed by atoms with Gasteiger partial charge in [0.05, 0.1) is 23.9 Å². The highest BCUT2D eigenvalue weighted by Crippen LogP contribution is 2.29. The van der Waals surface area contributed by atoms with Gasteiger partial charge in [0, 0.05) is 6.54 Å². The second-order valence-corrected chi connectivity index (χ2v) is 8.77. The van der Waals surface area contributed by atoms with E-state index in [9.17, 15) is 18.0 Å². The van der Waals surface area contributed by atoms with E-state index in [-0.39, 0.29) is 13.1 Å². The van der Waals surface area contributed by atoms with Gasteiger partial charge in [0.1, 0.15) is 0 Å². The van der Waals surface area contributed by atoms with Crippen molar-refractivity contribution in [2.24, 2.45) is 5.92 Å². The lowest BCUT2D eigenvalue weighted by Crippen LogP contribution is -2.35. The number of aryl methyl sites for hydroxylation is 1. The first-order valence-electron chi connectivity index (χ1n) is 11.4. The molecule has 4 rings (SSSR count). The summed E-state index contributed by atoms with van der Waals surface area (Å²) in [7, 11) is 0. The van der Waals surface area contributed by atoms with E-state index in [0.29, 0.717) is 12.3 Å². The molecule has 5 nitrogen and oxygen atoms in total. The number of halogens is 3. The van der Waals surface area contributed by atoms with Crippen molar-refractivity contribution in [3.8, 4) is 11.1 Å². The molecule has 0 unspecified atom stereocenters. The van der Waals surface area contributed by atoms with Crippen LogP contribution in [-0.2, 0) is 16.2 Å². The Morgan fingerprint density at radius 3 is 2.55 bits per heavy atom. The Morgan fingerprint density at radius 1 is 1.12 bits per heavy atom. The van der Waals surface area contributed by atoms with Crippen LogP contribution in [0.15, 0.2) is 42.7 Å². The minimum absolute atomic E-state index is 0.103. The van der Waals surface area contributed by atoms with E-state index >= 15 is 0 Å². The zero-order valence-corrected chi connectivity index (χ0v) is 18.6. The standard InChI is InChI=1S/C25H28F3N3O2/c1-17-21(11-12-22-23(17)30-16-29-22)20-9-7-19(8-10-20)15-31(33-24(32)25(26,27)28)14-13-18-5-3-2-4-6-18/h7-12,16,18H,2-6,13-15H2,1H3,(H,29,30). The Balaban J connectivity index is 1.47. The normalized spacial score (nSPS) is 15.3.